The van der Waals surface area contributed by atoms with Gasteiger partial charge in [0.2, 0.25) is 0 Å². The molecule has 0 aliphatic rings. The smallest absolute Gasteiger partial charge is 0.335 e. The second-order valence-electron chi connectivity index (χ2n) is 4.52. The Morgan fingerprint density at radius 1 is 1.30 bits per heavy atom. The molecule has 2 aromatic rings. The van der Waals surface area contributed by atoms with Crippen molar-refractivity contribution in [3.8, 4) is 0 Å². The lowest BCUT2D eigenvalue weighted by molar-refractivity contribution is 0.0696. The lowest BCUT2D eigenvalue weighted by Crippen LogP contribution is -2.35. The van der Waals surface area contributed by atoms with Gasteiger partial charge >= 0.3 is 5.97 Å². The van der Waals surface area contributed by atoms with Gasteiger partial charge in [0, 0.05) is 30.5 Å². The molecule has 1 aromatic carbocycles. The van der Waals surface area contributed by atoms with Gasteiger partial charge in [-0.25, -0.2) is 9.78 Å². The van der Waals surface area contributed by atoms with Crippen LogP contribution < -0.4 is 5.32 Å². The normalized spacial score (nSPS) is 11.8. The van der Waals surface area contributed by atoms with E-state index in [1.807, 2.05) is 17.7 Å². The van der Waals surface area contributed by atoms with Gasteiger partial charge in [0.25, 0.3) is 5.91 Å². The molecular weight excluding hydrogens is 258 g/mol. The number of hydrogen-bond acceptors (Lipinski definition) is 3. The molecule has 1 aromatic heterocycles. The third kappa shape index (κ3) is 3.44. The summed E-state index contributed by atoms with van der Waals surface area (Å²) in [6, 6.07) is 5.77. The molecule has 2 rings (SSSR count). The number of amides is 1. The summed E-state index contributed by atoms with van der Waals surface area (Å²) >= 11 is 0. The monoisotopic (exact) mass is 273 g/mol. The summed E-state index contributed by atoms with van der Waals surface area (Å²) in [6.45, 7) is 2.52. The van der Waals surface area contributed by atoms with E-state index in [1.165, 1.54) is 24.3 Å². The highest BCUT2D eigenvalue weighted by Crippen LogP contribution is 2.05. The van der Waals surface area contributed by atoms with Gasteiger partial charge in [-0.15, -0.1) is 0 Å². The molecule has 104 valence electrons. The number of aromatic nitrogens is 2. The van der Waals surface area contributed by atoms with Crippen molar-refractivity contribution in [2.75, 3.05) is 0 Å². The Labute approximate surface area is 116 Å². The number of aromatic carboxylic acids is 1. The molecule has 0 spiro atoms. The molecule has 0 fully saturated rings. The van der Waals surface area contributed by atoms with E-state index in [-0.39, 0.29) is 17.5 Å². The molecular formula is C14H15N3O3. The van der Waals surface area contributed by atoms with Crippen molar-refractivity contribution in [1.29, 1.82) is 0 Å². The molecule has 0 radical (unpaired) electrons. The van der Waals surface area contributed by atoms with Crippen molar-refractivity contribution in [3.05, 3.63) is 54.1 Å². The van der Waals surface area contributed by atoms with Crippen LogP contribution in [0.5, 0.6) is 0 Å². The molecule has 0 aliphatic carbocycles. The number of carbonyl (C=O) groups is 2. The zero-order chi connectivity index (χ0) is 14.5. The Morgan fingerprint density at radius 3 is 2.50 bits per heavy atom. The third-order valence-corrected chi connectivity index (χ3v) is 2.82. The fraction of sp³-hybridized carbons (Fsp3) is 0.214. The quantitative estimate of drug-likeness (QED) is 0.862. The van der Waals surface area contributed by atoms with Crippen LogP contribution in [0.15, 0.2) is 43.0 Å². The molecule has 6 heteroatoms. The van der Waals surface area contributed by atoms with Gasteiger partial charge < -0.3 is 15.0 Å². The number of nitrogens with one attached hydrogen (secondary N) is 1. The highest BCUT2D eigenvalue weighted by molar-refractivity contribution is 5.96. The fourth-order valence-electron chi connectivity index (χ4n) is 1.83. The number of nitrogens with zero attached hydrogens (tertiary/aromatic N) is 2. The molecule has 1 unspecified atom stereocenters. The number of carboxylic acids is 1. The molecule has 1 atom stereocenters. The van der Waals surface area contributed by atoms with Crippen LogP contribution in [0.2, 0.25) is 0 Å². The number of carbonyl (C=O) groups excluding carboxylic acids is 1. The number of carboxylic acid groups (broad SMARTS) is 1. The van der Waals surface area contributed by atoms with Gasteiger partial charge in [0.15, 0.2) is 0 Å². The van der Waals surface area contributed by atoms with Crippen LogP contribution in [-0.4, -0.2) is 32.6 Å². The summed E-state index contributed by atoms with van der Waals surface area (Å²) < 4.78 is 1.87. The minimum absolute atomic E-state index is 0.0594. The highest BCUT2D eigenvalue weighted by atomic mass is 16.4. The van der Waals surface area contributed by atoms with Crippen molar-refractivity contribution >= 4 is 11.9 Å². The maximum atomic E-state index is 12.0. The van der Waals surface area contributed by atoms with Crippen LogP contribution in [0, 0.1) is 0 Å². The second-order valence-corrected chi connectivity index (χ2v) is 4.52. The first-order valence-electron chi connectivity index (χ1n) is 6.16. The maximum absolute atomic E-state index is 12.0. The van der Waals surface area contributed by atoms with Crippen molar-refractivity contribution < 1.29 is 14.7 Å². The summed E-state index contributed by atoms with van der Waals surface area (Å²) in [7, 11) is 0. The van der Waals surface area contributed by atoms with Crippen LogP contribution >= 0.6 is 0 Å². The maximum Gasteiger partial charge on any atom is 0.335 e. The molecule has 20 heavy (non-hydrogen) atoms. The van der Waals surface area contributed by atoms with Gasteiger partial charge in [0.1, 0.15) is 0 Å². The number of imidazole rings is 1. The van der Waals surface area contributed by atoms with E-state index in [2.05, 4.69) is 10.3 Å². The van der Waals surface area contributed by atoms with Crippen molar-refractivity contribution in [1.82, 2.24) is 14.9 Å². The van der Waals surface area contributed by atoms with Crippen LogP contribution in [0.3, 0.4) is 0 Å². The first-order valence-corrected chi connectivity index (χ1v) is 6.16. The van der Waals surface area contributed by atoms with Crippen molar-refractivity contribution in [3.63, 3.8) is 0 Å². The third-order valence-electron chi connectivity index (χ3n) is 2.82. The zero-order valence-electron chi connectivity index (χ0n) is 11.0. The molecule has 6 nitrogen and oxygen atoms in total. The van der Waals surface area contributed by atoms with E-state index >= 15 is 0 Å². The van der Waals surface area contributed by atoms with Gasteiger partial charge in [-0.3, -0.25) is 4.79 Å². The predicted octanol–water partition coefficient (Wildman–Crippen LogP) is 1.40. The van der Waals surface area contributed by atoms with Gasteiger partial charge in [-0.2, -0.15) is 0 Å². The topological polar surface area (TPSA) is 84.2 Å². The Kier molecular flexibility index (Phi) is 4.14. The van der Waals surface area contributed by atoms with E-state index in [1.54, 1.807) is 12.5 Å². The number of benzene rings is 1. The number of rotatable bonds is 5. The van der Waals surface area contributed by atoms with Gasteiger partial charge in [0.05, 0.1) is 11.9 Å². The fourth-order valence-corrected chi connectivity index (χ4v) is 1.83. The average molecular weight is 273 g/mol. The summed E-state index contributed by atoms with van der Waals surface area (Å²) in [5.41, 5.74) is 0.598. The standard InChI is InChI=1S/C14H15N3O3/c1-10(8-17-7-6-15-9-17)16-13(18)11-2-4-12(5-3-11)14(19)20/h2-7,9-10H,8H2,1H3,(H,16,18)(H,19,20). The number of hydrogen-bond donors (Lipinski definition) is 2. The molecule has 1 amide bonds. The minimum atomic E-state index is -1.01. The first-order chi connectivity index (χ1) is 9.56. The zero-order valence-corrected chi connectivity index (χ0v) is 11.0. The SMILES string of the molecule is CC(Cn1ccnc1)NC(=O)c1ccc(C(=O)O)cc1. The summed E-state index contributed by atoms with van der Waals surface area (Å²) in [5, 5.41) is 11.6. The van der Waals surface area contributed by atoms with Crippen LogP contribution in [0.4, 0.5) is 0 Å². The van der Waals surface area contributed by atoms with Crippen LogP contribution in [0.1, 0.15) is 27.6 Å². The second kappa shape index (κ2) is 6.01. The predicted molar refractivity (Wildman–Crippen MR) is 72.6 cm³/mol. The van der Waals surface area contributed by atoms with Crippen molar-refractivity contribution in [2.45, 2.75) is 19.5 Å². The van der Waals surface area contributed by atoms with Crippen LogP contribution in [0.25, 0.3) is 0 Å². The average Bonchev–Trinajstić information content (AvgIpc) is 2.91. The lowest BCUT2D eigenvalue weighted by Gasteiger charge is -2.14. The molecule has 0 saturated carbocycles. The molecule has 0 saturated heterocycles. The molecule has 1 heterocycles. The summed E-state index contributed by atoms with van der Waals surface area (Å²) in [6.07, 6.45) is 5.19. The lowest BCUT2D eigenvalue weighted by atomic mass is 10.1. The first kappa shape index (κ1) is 13.8. The minimum Gasteiger partial charge on any atom is -0.478 e. The summed E-state index contributed by atoms with van der Waals surface area (Å²) in [4.78, 5) is 26.6. The Balaban J connectivity index is 1.95. The van der Waals surface area contributed by atoms with Crippen molar-refractivity contribution in [2.24, 2.45) is 0 Å². The van der Waals surface area contributed by atoms with Gasteiger partial charge in [-0.05, 0) is 31.2 Å². The Hall–Kier alpha value is -2.63. The van der Waals surface area contributed by atoms with Gasteiger partial charge in [-0.1, -0.05) is 0 Å². The van der Waals surface area contributed by atoms with E-state index < -0.39 is 5.97 Å². The van der Waals surface area contributed by atoms with E-state index in [0.29, 0.717) is 12.1 Å². The van der Waals surface area contributed by atoms with E-state index in [4.69, 9.17) is 5.11 Å². The Bertz CT molecular complexity index is 591. The van der Waals surface area contributed by atoms with E-state index in [9.17, 15) is 9.59 Å². The molecule has 2 N–H and O–H groups in total. The molecule has 0 bridgehead atoms. The summed E-state index contributed by atoms with van der Waals surface area (Å²) in [5.74, 6) is -1.24. The Morgan fingerprint density at radius 2 is 1.95 bits per heavy atom. The highest BCUT2D eigenvalue weighted by Gasteiger charge is 2.11. The van der Waals surface area contributed by atoms with E-state index in [0.717, 1.165) is 0 Å². The largest absolute Gasteiger partial charge is 0.478 e. The molecule has 0 aliphatic heterocycles. The van der Waals surface area contributed by atoms with Crippen LogP contribution in [-0.2, 0) is 6.54 Å².